The van der Waals surface area contributed by atoms with Crippen LogP contribution in [0, 0.1) is 23.1 Å². The minimum Gasteiger partial charge on any atom is -0.477 e. The van der Waals surface area contributed by atoms with Crippen molar-refractivity contribution in [1.82, 2.24) is 9.55 Å². The average molecular weight is 385 g/mol. The zero-order valence-electron chi connectivity index (χ0n) is 15.1. The van der Waals surface area contributed by atoms with Crippen molar-refractivity contribution in [2.45, 2.75) is 37.8 Å². The van der Waals surface area contributed by atoms with Crippen molar-refractivity contribution in [1.29, 1.82) is 5.26 Å². The van der Waals surface area contributed by atoms with Gasteiger partial charge in [0.15, 0.2) is 0 Å². The molecule has 4 rings (SSSR count). The smallest absolute Gasteiger partial charge is 0.343 e. The highest BCUT2D eigenvalue weighted by Gasteiger charge is 2.37. The van der Waals surface area contributed by atoms with Gasteiger partial charge in [0.1, 0.15) is 22.8 Å². The number of nitriles is 1. The second kappa shape index (κ2) is 6.87. The van der Waals surface area contributed by atoms with E-state index in [1.54, 1.807) is 4.57 Å². The predicted octanol–water partition coefficient (Wildman–Crippen LogP) is 1.64. The molecule has 0 radical (unpaired) electrons. The van der Waals surface area contributed by atoms with Crippen molar-refractivity contribution in [3.8, 4) is 6.07 Å². The van der Waals surface area contributed by atoms with Crippen molar-refractivity contribution < 1.29 is 14.3 Å². The largest absolute Gasteiger partial charge is 0.477 e. The van der Waals surface area contributed by atoms with Crippen LogP contribution in [0.3, 0.4) is 0 Å². The number of nitrogens with two attached hydrogens (primary N) is 1. The SMILES string of the molecule is N#CCC(N)C1CCN(c2c(C(=O)O)c(=O)c3cc(F)cnc3n2C2CC2)C1. The van der Waals surface area contributed by atoms with E-state index in [1.165, 1.54) is 0 Å². The maximum atomic E-state index is 13.7. The van der Waals surface area contributed by atoms with E-state index in [0.29, 0.717) is 31.0 Å². The molecule has 2 fully saturated rings. The van der Waals surface area contributed by atoms with Gasteiger partial charge in [-0.3, -0.25) is 4.79 Å². The first-order valence-electron chi connectivity index (χ1n) is 9.27. The standard InChI is InChI=1S/C19H20FN5O3/c20-11-7-13-16(26)15(19(27)28)18(25(12-1-2-12)17(13)23-8-11)24-6-4-10(9-24)14(22)3-5-21/h7-8,10,12,14H,1-4,6,9,22H2,(H,27,28). The first kappa shape index (κ1) is 18.4. The number of hydrogen-bond donors (Lipinski definition) is 2. The number of nitrogens with zero attached hydrogens (tertiary/aromatic N) is 4. The predicted molar refractivity (Wildman–Crippen MR) is 99.7 cm³/mol. The summed E-state index contributed by atoms with van der Waals surface area (Å²) in [5.41, 5.74) is 5.30. The number of hydrogen-bond acceptors (Lipinski definition) is 6. The summed E-state index contributed by atoms with van der Waals surface area (Å²) < 4.78 is 15.5. The molecule has 0 bridgehead atoms. The molecule has 146 valence electrons. The molecule has 2 aromatic heterocycles. The van der Waals surface area contributed by atoms with E-state index in [0.717, 1.165) is 25.1 Å². The minimum absolute atomic E-state index is 0.0232. The lowest BCUT2D eigenvalue weighted by molar-refractivity contribution is 0.0695. The Morgan fingerprint density at radius 1 is 1.46 bits per heavy atom. The fraction of sp³-hybridized carbons (Fsp3) is 0.474. The molecule has 3 N–H and O–H groups in total. The van der Waals surface area contributed by atoms with Gasteiger partial charge in [-0.05, 0) is 31.2 Å². The summed E-state index contributed by atoms with van der Waals surface area (Å²) in [4.78, 5) is 30.9. The number of carbonyl (C=O) groups is 1. The normalized spacial score (nSPS) is 20.3. The summed E-state index contributed by atoms with van der Waals surface area (Å²) in [7, 11) is 0. The molecular formula is C19H20FN5O3. The Kier molecular flexibility index (Phi) is 4.51. The van der Waals surface area contributed by atoms with Crippen LogP contribution in [0.15, 0.2) is 17.1 Å². The van der Waals surface area contributed by atoms with Crippen molar-refractivity contribution in [2.75, 3.05) is 18.0 Å². The van der Waals surface area contributed by atoms with E-state index < -0.39 is 17.2 Å². The quantitative estimate of drug-likeness (QED) is 0.801. The van der Waals surface area contributed by atoms with Gasteiger partial charge in [-0.25, -0.2) is 14.2 Å². The summed E-state index contributed by atoms with van der Waals surface area (Å²) in [6.45, 7) is 0.991. The van der Waals surface area contributed by atoms with E-state index in [4.69, 9.17) is 11.0 Å². The molecule has 1 saturated carbocycles. The fourth-order valence-electron chi connectivity index (χ4n) is 4.03. The van der Waals surface area contributed by atoms with Gasteiger partial charge in [0.2, 0.25) is 5.43 Å². The van der Waals surface area contributed by atoms with Gasteiger partial charge in [-0.2, -0.15) is 5.26 Å². The van der Waals surface area contributed by atoms with Gasteiger partial charge in [0.05, 0.1) is 24.1 Å². The van der Waals surface area contributed by atoms with Crippen LogP contribution < -0.4 is 16.1 Å². The molecule has 1 saturated heterocycles. The molecule has 1 aliphatic carbocycles. The second-order valence-electron chi connectivity index (χ2n) is 7.48. The first-order valence-corrected chi connectivity index (χ1v) is 9.27. The summed E-state index contributed by atoms with van der Waals surface area (Å²) in [6, 6.07) is 2.84. The van der Waals surface area contributed by atoms with E-state index in [2.05, 4.69) is 11.1 Å². The first-order chi connectivity index (χ1) is 13.4. The van der Waals surface area contributed by atoms with E-state index in [-0.39, 0.29) is 35.4 Å². The summed E-state index contributed by atoms with van der Waals surface area (Å²) in [5, 5.41) is 18.7. The Bertz CT molecular complexity index is 1060. The van der Waals surface area contributed by atoms with Crippen LogP contribution in [0.4, 0.5) is 10.2 Å². The van der Waals surface area contributed by atoms with Gasteiger partial charge in [-0.15, -0.1) is 0 Å². The molecule has 28 heavy (non-hydrogen) atoms. The molecule has 0 aromatic carbocycles. The molecular weight excluding hydrogens is 365 g/mol. The van der Waals surface area contributed by atoms with Crippen molar-refractivity contribution >= 4 is 22.8 Å². The van der Waals surface area contributed by atoms with Gasteiger partial charge < -0.3 is 20.3 Å². The van der Waals surface area contributed by atoms with Crippen LogP contribution >= 0.6 is 0 Å². The van der Waals surface area contributed by atoms with Crippen LogP contribution in [-0.4, -0.2) is 39.8 Å². The zero-order valence-corrected chi connectivity index (χ0v) is 15.1. The van der Waals surface area contributed by atoms with Gasteiger partial charge >= 0.3 is 5.97 Å². The molecule has 9 heteroatoms. The molecule has 2 aromatic rings. The maximum Gasteiger partial charge on any atom is 0.343 e. The number of fused-ring (bicyclic) bond motifs is 1. The number of halogens is 1. The second-order valence-corrected chi connectivity index (χ2v) is 7.48. The molecule has 2 atom stereocenters. The Morgan fingerprint density at radius 2 is 2.21 bits per heavy atom. The molecule has 3 heterocycles. The van der Waals surface area contributed by atoms with Crippen molar-refractivity contribution in [3.63, 3.8) is 0 Å². The third-order valence-corrected chi connectivity index (χ3v) is 5.57. The number of pyridine rings is 2. The van der Waals surface area contributed by atoms with Gasteiger partial charge in [-0.1, -0.05) is 0 Å². The number of aromatic carboxylic acids is 1. The Balaban J connectivity index is 1.90. The highest BCUT2D eigenvalue weighted by Crippen LogP contribution is 2.42. The maximum absolute atomic E-state index is 13.7. The minimum atomic E-state index is -1.34. The highest BCUT2D eigenvalue weighted by molar-refractivity contribution is 5.98. The summed E-state index contributed by atoms with van der Waals surface area (Å²) in [6.07, 6.45) is 3.65. The van der Waals surface area contributed by atoms with Gasteiger partial charge in [0.25, 0.3) is 0 Å². The molecule has 2 unspecified atom stereocenters. The van der Waals surface area contributed by atoms with Crippen molar-refractivity contribution in [2.24, 2.45) is 11.7 Å². The number of aromatic nitrogens is 2. The van der Waals surface area contributed by atoms with Crippen LogP contribution in [0.5, 0.6) is 0 Å². The van der Waals surface area contributed by atoms with Crippen LogP contribution in [0.2, 0.25) is 0 Å². The molecule has 2 aliphatic rings. The summed E-state index contributed by atoms with van der Waals surface area (Å²) in [5.74, 6) is -1.68. The lowest BCUT2D eigenvalue weighted by Gasteiger charge is -2.27. The van der Waals surface area contributed by atoms with E-state index in [1.807, 2.05) is 4.90 Å². The van der Waals surface area contributed by atoms with Crippen LogP contribution in [0.1, 0.15) is 42.1 Å². The Morgan fingerprint density at radius 3 is 2.86 bits per heavy atom. The lowest BCUT2D eigenvalue weighted by atomic mass is 9.98. The molecule has 8 nitrogen and oxygen atoms in total. The van der Waals surface area contributed by atoms with E-state index in [9.17, 15) is 19.1 Å². The average Bonchev–Trinajstić information content (AvgIpc) is 3.37. The number of carboxylic acid groups (broad SMARTS) is 1. The third-order valence-electron chi connectivity index (χ3n) is 5.57. The third kappa shape index (κ3) is 2.99. The van der Waals surface area contributed by atoms with Crippen LogP contribution in [0.25, 0.3) is 11.0 Å². The molecule has 1 aliphatic heterocycles. The fourth-order valence-corrected chi connectivity index (χ4v) is 4.03. The summed E-state index contributed by atoms with van der Waals surface area (Å²) >= 11 is 0. The molecule has 0 amide bonds. The van der Waals surface area contributed by atoms with Crippen LogP contribution in [-0.2, 0) is 0 Å². The lowest BCUT2D eigenvalue weighted by Crippen LogP contribution is -2.35. The van der Waals surface area contributed by atoms with Crippen molar-refractivity contribution in [3.05, 3.63) is 33.9 Å². The van der Waals surface area contributed by atoms with Gasteiger partial charge in [0, 0.05) is 25.2 Å². The monoisotopic (exact) mass is 385 g/mol. The highest BCUT2D eigenvalue weighted by atomic mass is 19.1. The van der Waals surface area contributed by atoms with E-state index >= 15 is 0 Å². The Hall–Kier alpha value is -2.99. The topological polar surface area (TPSA) is 125 Å². The number of anilines is 1. The number of rotatable bonds is 5. The Labute approximate surface area is 160 Å². The number of carboxylic acids is 1. The molecule has 0 spiro atoms. The zero-order chi connectivity index (χ0) is 20.0.